The summed E-state index contributed by atoms with van der Waals surface area (Å²) < 4.78 is 16.2. The molecular formula is C18H16N2O3. The van der Waals surface area contributed by atoms with E-state index < -0.39 is 0 Å². The van der Waals surface area contributed by atoms with E-state index in [0.29, 0.717) is 28.4 Å². The van der Waals surface area contributed by atoms with Crippen LogP contribution >= 0.6 is 0 Å². The molecular weight excluding hydrogens is 292 g/mol. The van der Waals surface area contributed by atoms with E-state index >= 15 is 0 Å². The number of benzene rings is 1. The molecule has 5 heteroatoms. The fourth-order valence-corrected chi connectivity index (χ4v) is 1.97. The average molecular weight is 308 g/mol. The normalized spacial score (nSPS) is 10.3. The van der Waals surface area contributed by atoms with Gasteiger partial charge in [0.2, 0.25) is 5.88 Å². The van der Waals surface area contributed by atoms with Crippen LogP contribution in [0.3, 0.4) is 0 Å². The van der Waals surface area contributed by atoms with Gasteiger partial charge in [0, 0.05) is 17.3 Å². The zero-order chi connectivity index (χ0) is 16.8. The molecule has 1 aromatic carbocycles. The van der Waals surface area contributed by atoms with E-state index in [0.717, 1.165) is 5.56 Å². The fourth-order valence-electron chi connectivity index (χ4n) is 1.97. The molecule has 0 radical (unpaired) electrons. The number of methoxy groups -OCH3 is 1. The number of aryl methyl sites for hydroxylation is 1. The number of hydrogen-bond acceptors (Lipinski definition) is 5. The quantitative estimate of drug-likeness (QED) is 0.626. The second-order valence-corrected chi connectivity index (χ2v) is 4.73. The van der Waals surface area contributed by atoms with Crippen LogP contribution in [-0.2, 0) is 0 Å². The summed E-state index contributed by atoms with van der Waals surface area (Å²) in [6, 6.07) is 7.39. The second-order valence-electron chi connectivity index (χ2n) is 4.73. The predicted molar refractivity (Wildman–Crippen MR) is 87.5 cm³/mol. The maximum absolute atomic E-state index is 9.21. The van der Waals surface area contributed by atoms with E-state index in [1.165, 1.54) is 0 Å². The van der Waals surface area contributed by atoms with Gasteiger partial charge in [-0.05, 0) is 32.0 Å². The van der Waals surface area contributed by atoms with E-state index in [1.54, 1.807) is 38.4 Å². The van der Waals surface area contributed by atoms with Crippen LogP contribution in [0.25, 0.3) is 0 Å². The topological polar surface area (TPSA) is 67.8 Å². The van der Waals surface area contributed by atoms with Crippen LogP contribution in [0.1, 0.15) is 22.5 Å². The average Bonchev–Trinajstić information content (AvgIpc) is 2.85. The maximum atomic E-state index is 9.21. The molecule has 0 spiro atoms. The molecule has 1 aromatic heterocycles. The molecule has 0 bridgehead atoms. The Morgan fingerprint density at radius 2 is 2.17 bits per heavy atom. The van der Waals surface area contributed by atoms with Gasteiger partial charge in [0.1, 0.15) is 35.5 Å². The summed E-state index contributed by atoms with van der Waals surface area (Å²) in [4.78, 5) is 4.27. The summed E-state index contributed by atoms with van der Waals surface area (Å²) in [5.41, 5.74) is 1.89. The first kappa shape index (κ1) is 16.2. The summed E-state index contributed by atoms with van der Waals surface area (Å²) in [7, 11) is 1.57. The third kappa shape index (κ3) is 3.53. The summed E-state index contributed by atoms with van der Waals surface area (Å²) in [5.74, 6) is 4.59. The molecule has 0 aliphatic heterocycles. The zero-order valence-electron chi connectivity index (χ0n) is 13.2. The van der Waals surface area contributed by atoms with Gasteiger partial charge in [-0.2, -0.15) is 5.26 Å². The van der Waals surface area contributed by atoms with Gasteiger partial charge in [0.05, 0.1) is 7.11 Å². The smallest absolute Gasteiger partial charge is 0.237 e. The van der Waals surface area contributed by atoms with Crippen molar-refractivity contribution in [1.82, 2.24) is 0 Å². The highest BCUT2D eigenvalue weighted by molar-refractivity contribution is 5.86. The largest absolute Gasteiger partial charge is 0.497 e. The minimum Gasteiger partial charge on any atom is -0.497 e. The van der Waals surface area contributed by atoms with Crippen LogP contribution in [0, 0.1) is 37.5 Å². The maximum Gasteiger partial charge on any atom is 0.237 e. The molecule has 0 unspecified atom stereocenters. The number of terminal acetylenes is 1. The minimum absolute atomic E-state index is 0.148. The van der Waals surface area contributed by atoms with Gasteiger partial charge < -0.3 is 13.9 Å². The van der Waals surface area contributed by atoms with E-state index in [1.807, 2.05) is 6.92 Å². The van der Waals surface area contributed by atoms with Crippen LogP contribution in [0.15, 0.2) is 27.6 Å². The number of hydrogen-bond donors (Lipinski definition) is 0. The molecule has 0 atom stereocenters. The molecule has 116 valence electrons. The van der Waals surface area contributed by atoms with Crippen molar-refractivity contribution in [2.24, 2.45) is 4.99 Å². The van der Waals surface area contributed by atoms with Gasteiger partial charge in [-0.3, -0.25) is 0 Å². The molecule has 1 heterocycles. The molecule has 0 aliphatic rings. The lowest BCUT2D eigenvalue weighted by atomic mass is 10.2. The Morgan fingerprint density at radius 1 is 1.39 bits per heavy atom. The van der Waals surface area contributed by atoms with Crippen LogP contribution in [0.5, 0.6) is 11.5 Å². The number of ether oxygens (including phenoxy) is 2. The van der Waals surface area contributed by atoms with Crippen LogP contribution in [0.4, 0.5) is 5.88 Å². The van der Waals surface area contributed by atoms with Gasteiger partial charge in [0.25, 0.3) is 0 Å². The Balaban J connectivity index is 2.40. The minimum atomic E-state index is 0.148. The van der Waals surface area contributed by atoms with Crippen LogP contribution < -0.4 is 9.47 Å². The molecule has 0 saturated heterocycles. The van der Waals surface area contributed by atoms with E-state index in [-0.39, 0.29) is 12.5 Å². The Kier molecular flexibility index (Phi) is 5.07. The lowest BCUT2D eigenvalue weighted by molar-refractivity contribution is 0.367. The van der Waals surface area contributed by atoms with Crippen molar-refractivity contribution < 1.29 is 13.9 Å². The number of rotatable bonds is 5. The van der Waals surface area contributed by atoms with Gasteiger partial charge >= 0.3 is 0 Å². The van der Waals surface area contributed by atoms with Crippen molar-refractivity contribution in [2.75, 3.05) is 13.7 Å². The van der Waals surface area contributed by atoms with Crippen molar-refractivity contribution >= 4 is 12.1 Å². The molecule has 0 fully saturated rings. The Hall–Kier alpha value is -3.18. The number of furan rings is 1. The summed E-state index contributed by atoms with van der Waals surface area (Å²) >= 11 is 0. The molecule has 0 saturated carbocycles. The Labute approximate surface area is 135 Å². The molecule has 2 rings (SSSR count). The monoisotopic (exact) mass is 308 g/mol. The molecule has 0 aliphatic carbocycles. The van der Waals surface area contributed by atoms with Crippen molar-refractivity contribution in [1.29, 1.82) is 5.26 Å². The van der Waals surface area contributed by atoms with Gasteiger partial charge in [0.15, 0.2) is 0 Å². The highest BCUT2D eigenvalue weighted by Gasteiger charge is 2.13. The first-order valence-corrected chi connectivity index (χ1v) is 6.89. The molecule has 2 aromatic rings. The zero-order valence-corrected chi connectivity index (χ0v) is 13.2. The summed E-state index contributed by atoms with van der Waals surface area (Å²) in [6.45, 7) is 3.77. The highest BCUT2D eigenvalue weighted by Crippen LogP contribution is 2.29. The third-order valence-electron chi connectivity index (χ3n) is 3.33. The Bertz CT molecular complexity index is 820. The van der Waals surface area contributed by atoms with Crippen molar-refractivity contribution in [3.63, 3.8) is 0 Å². The van der Waals surface area contributed by atoms with Gasteiger partial charge in [-0.25, -0.2) is 4.99 Å². The van der Waals surface area contributed by atoms with Crippen LogP contribution in [-0.4, -0.2) is 19.9 Å². The van der Waals surface area contributed by atoms with Crippen molar-refractivity contribution in [3.05, 3.63) is 40.6 Å². The first-order chi connectivity index (χ1) is 11.1. The summed E-state index contributed by atoms with van der Waals surface area (Å²) in [6.07, 6.45) is 6.78. The molecule has 5 nitrogen and oxygen atoms in total. The van der Waals surface area contributed by atoms with Crippen LogP contribution in [0.2, 0.25) is 0 Å². The van der Waals surface area contributed by atoms with Gasteiger partial charge in [-0.15, -0.1) is 6.42 Å². The number of aliphatic imine (C=N–C) groups is 1. The number of nitriles is 1. The molecule has 23 heavy (non-hydrogen) atoms. The van der Waals surface area contributed by atoms with E-state index in [2.05, 4.69) is 17.0 Å². The summed E-state index contributed by atoms with van der Waals surface area (Å²) in [5, 5.41) is 9.21. The molecule has 0 N–H and O–H groups in total. The highest BCUT2D eigenvalue weighted by atomic mass is 16.5. The second kappa shape index (κ2) is 7.20. The lowest BCUT2D eigenvalue weighted by Crippen LogP contribution is -1.98. The third-order valence-corrected chi connectivity index (χ3v) is 3.33. The van der Waals surface area contributed by atoms with E-state index in [9.17, 15) is 5.26 Å². The number of nitrogens with zero attached hydrogens (tertiary/aromatic N) is 2. The van der Waals surface area contributed by atoms with Crippen molar-refractivity contribution in [3.8, 4) is 29.9 Å². The lowest BCUT2D eigenvalue weighted by Gasteiger charge is -2.08. The SMILES string of the molecule is C#CCOc1ccc(OC)cc1/C=N/c1oc(C)c(C)c1C#N. The molecule has 0 amide bonds. The van der Waals surface area contributed by atoms with Gasteiger partial charge in [-0.1, -0.05) is 5.92 Å². The first-order valence-electron chi connectivity index (χ1n) is 6.89. The standard InChI is InChI=1S/C18H16N2O3/c1-5-8-22-17-7-6-15(21-4)9-14(17)11-20-18-16(10-19)12(2)13(3)23-18/h1,6-7,9,11H,8H2,2-4H3/b20-11+. The predicted octanol–water partition coefficient (Wildman–Crippen LogP) is 3.54. The van der Waals surface area contributed by atoms with E-state index in [4.69, 9.17) is 20.3 Å². The van der Waals surface area contributed by atoms with Crippen molar-refractivity contribution in [2.45, 2.75) is 13.8 Å². The fraction of sp³-hybridized carbons (Fsp3) is 0.222. The Morgan fingerprint density at radius 3 is 2.83 bits per heavy atom.